The van der Waals surface area contributed by atoms with Gasteiger partial charge in [0.1, 0.15) is 22.6 Å². The summed E-state index contributed by atoms with van der Waals surface area (Å²) in [4.78, 5) is 16.7. The first-order valence-electron chi connectivity index (χ1n) is 11.9. The van der Waals surface area contributed by atoms with Crippen LogP contribution in [0.5, 0.6) is 22.4 Å². The van der Waals surface area contributed by atoms with E-state index in [9.17, 15) is 9.18 Å². The molecular formula is C26H25FN4O5S2. The number of benzene rings is 2. The van der Waals surface area contributed by atoms with Crippen molar-refractivity contribution in [3.63, 3.8) is 0 Å². The van der Waals surface area contributed by atoms with Crippen LogP contribution in [0, 0.1) is 0 Å². The topological polar surface area (TPSA) is 108 Å². The van der Waals surface area contributed by atoms with Crippen LogP contribution < -0.4 is 24.2 Å². The molecular weight excluding hydrogens is 531 g/mol. The van der Waals surface area contributed by atoms with Gasteiger partial charge in [-0.05, 0) is 48.9 Å². The number of ether oxygens (including phenoxy) is 3. The zero-order valence-corrected chi connectivity index (χ0v) is 22.4. The molecule has 0 saturated carbocycles. The van der Waals surface area contributed by atoms with E-state index in [2.05, 4.69) is 39.7 Å². The molecule has 2 aromatic heterocycles. The van der Waals surface area contributed by atoms with Crippen LogP contribution in [-0.2, 0) is 24.2 Å². The Balaban J connectivity index is 1.39. The third-order valence-electron chi connectivity index (χ3n) is 5.90. The Labute approximate surface area is 226 Å². The molecule has 12 heteroatoms. The molecule has 1 amide bonds. The van der Waals surface area contributed by atoms with Gasteiger partial charge in [-0.15, -0.1) is 0 Å². The summed E-state index contributed by atoms with van der Waals surface area (Å²) < 4.78 is 39.5. The second kappa shape index (κ2) is 11.3. The second-order valence-electron chi connectivity index (χ2n) is 8.38. The first kappa shape index (κ1) is 25.9. The van der Waals surface area contributed by atoms with Crippen LogP contribution >= 0.6 is 23.3 Å². The van der Waals surface area contributed by atoms with Crippen LogP contribution in [0.1, 0.15) is 30.2 Å². The number of nitrogens with zero attached hydrogens (tertiary/aromatic N) is 2. The summed E-state index contributed by atoms with van der Waals surface area (Å²) in [6.45, 7) is 5.71. The molecule has 5 rings (SSSR count). The molecule has 9 nitrogen and oxygen atoms in total. The van der Waals surface area contributed by atoms with Gasteiger partial charge in [0, 0.05) is 17.0 Å². The number of hydrogen-bond acceptors (Lipinski definition) is 10. The summed E-state index contributed by atoms with van der Waals surface area (Å²) in [5.74, 6) is 0.597. The fraction of sp³-hybridized carbons (Fsp3) is 0.269. The highest BCUT2D eigenvalue weighted by Gasteiger charge is 2.26. The lowest BCUT2D eigenvalue weighted by Crippen LogP contribution is -2.22. The molecule has 0 aliphatic carbocycles. The highest BCUT2D eigenvalue weighted by Crippen LogP contribution is 2.45. The standard InChI is InChI=1S/C26H25FN4O5S2/c1-4-15-7-8-18(33-3)21(10-15)38-31-24-22-20(36-30-24)11-19(17-6-5-9-34-23(17)22)35-26-29-16(13-37-26)12-28-25(32)14(2)27/h7-8,10-11,13H,2,4-6,9,12H2,1,3H3,(H,28,32)(H,30,31). The van der Waals surface area contributed by atoms with E-state index in [0.29, 0.717) is 40.4 Å². The summed E-state index contributed by atoms with van der Waals surface area (Å²) in [7, 11) is 1.64. The molecule has 198 valence electrons. The molecule has 3 heterocycles. The van der Waals surface area contributed by atoms with Gasteiger partial charge < -0.3 is 28.8 Å². The van der Waals surface area contributed by atoms with Gasteiger partial charge in [-0.1, -0.05) is 36.1 Å². The lowest BCUT2D eigenvalue weighted by atomic mass is 10.0. The Morgan fingerprint density at radius 3 is 2.97 bits per heavy atom. The van der Waals surface area contributed by atoms with Crippen LogP contribution in [-0.4, -0.2) is 29.8 Å². The van der Waals surface area contributed by atoms with Crippen LogP contribution in [0.25, 0.3) is 11.0 Å². The smallest absolute Gasteiger partial charge is 0.279 e. The second-order valence-corrected chi connectivity index (χ2v) is 10.0. The van der Waals surface area contributed by atoms with Crippen molar-refractivity contribution < 1.29 is 27.9 Å². The monoisotopic (exact) mass is 556 g/mol. The van der Waals surface area contributed by atoms with E-state index in [1.54, 1.807) is 18.6 Å². The molecule has 0 radical (unpaired) electrons. The van der Waals surface area contributed by atoms with Crippen molar-refractivity contribution in [1.29, 1.82) is 0 Å². The molecule has 0 saturated heterocycles. The zero-order chi connectivity index (χ0) is 26.6. The van der Waals surface area contributed by atoms with Gasteiger partial charge in [-0.25, -0.2) is 9.37 Å². The third-order valence-corrected chi connectivity index (χ3v) is 7.50. The highest BCUT2D eigenvalue weighted by molar-refractivity contribution is 8.00. The number of fused-ring (bicyclic) bond motifs is 3. The van der Waals surface area contributed by atoms with E-state index in [4.69, 9.17) is 18.7 Å². The molecule has 38 heavy (non-hydrogen) atoms. The average molecular weight is 557 g/mol. The molecule has 1 aliphatic heterocycles. The van der Waals surface area contributed by atoms with Gasteiger partial charge in [-0.3, -0.25) is 4.79 Å². The van der Waals surface area contributed by atoms with Gasteiger partial charge >= 0.3 is 0 Å². The quantitative estimate of drug-likeness (QED) is 0.175. The normalized spacial score (nSPS) is 12.5. The number of carbonyl (C=O) groups is 1. The van der Waals surface area contributed by atoms with E-state index in [1.165, 1.54) is 28.8 Å². The molecule has 2 N–H and O–H groups in total. The summed E-state index contributed by atoms with van der Waals surface area (Å²) >= 11 is 2.65. The first-order chi connectivity index (χ1) is 18.5. The maximum atomic E-state index is 12.9. The molecule has 0 bridgehead atoms. The number of hydrogen-bond donors (Lipinski definition) is 2. The SMILES string of the molecule is C=C(F)C(=O)NCc1csc(Oc2cc3onc(NSc4cc(CC)ccc4OC)c3c3c2CCCO3)n1. The number of nitrogens with one attached hydrogen (secondary N) is 2. The molecule has 2 aromatic carbocycles. The van der Waals surface area contributed by atoms with E-state index >= 15 is 0 Å². The zero-order valence-electron chi connectivity index (χ0n) is 20.8. The summed E-state index contributed by atoms with van der Waals surface area (Å²) in [5.41, 5.74) is 3.13. The van der Waals surface area contributed by atoms with Crippen molar-refractivity contribution in [2.45, 2.75) is 37.6 Å². The number of anilines is 1. The molecule has 0 atom stereocenters. The van der Waals surface area contributed by atoms with Gasteiger partial charge in [0.05, 0.1) is 30.9 Å². The Hall–Kier alpha value is -3.77. The molecule has 0 fully saturated rings. The lowest BCUT2D eigenvalue weighted by molar-refractivity contribution is -0.119. The molecule has 0 spiro atoms. The van der Waals surface area contributed by atoms with Gasteiger partial charge in [-0.2, -0.15) is 0 Å². The number of aryl methyl sites for hydroxylation is 1. The number of carbonyl (C=O) groups excluding carboxylic acids is 1. The Kier molecular flexibility index (Phi) is 7.70. The third kappa shape index (κ3) is 5.41. The predicted molar refractivity (Wildman–Crippen MR) is 144 cm³/mol. The first-order valence-corrected chi connectivity index (χ1v) is 13.6. The van der Waals surface area contributed by atoms with Crippen molar-refractivity contribution >= 4 is 46.0 Å². The number of aromatic nitrogens is 2. The molecule has 1 aliphatic rings. The maximum Gasteiger partial charge on any atom is 0.279 e. The summed E-state index contributed by atoms with van der Waals surface area (Å²) in [5, 5.41) is 9.49. The number of rotatable bonds is 10. The van der Waals surface area contributed by atoms with E-state index in [-0.39, 0.29) is 6.54 Å². The van der Waals surface area contributed by atoms with Crippen molar-refractivity contribution in [2.75, 3.05) is 18.4 Å². The van der Waals surface area contributed by atoms with Gasteiger partial charge in [0.15, 0.2) is 17.2 Å². The Morgan fingerprint density at radius 2 is 2.18 bits per heavy atom. The van der Waals surface area contributed by atoms with Crippen LogP contribution in [0.2, 0.25) is 0 Å². The fourth-order valence-electron chi connectivity index (χ4n) is 3.97. The minimum atomic E-state index is -1.05. The predicted octanol–water partition coefficient (Wildman–Crippen LogP) is 6.19. The average Bonchev–Trinajstić information content (AvgIpc) is 3.57. The van der Waals surface area contributed by atoms with E-state index in [1.807, 2.05) is 12.1 Å². The largest absolute Gasteiger partial charge is 0.496 e. The number of amides is 1. The fourth-order valence-corrected chi connectivity index (χ4v) is 5.46. The van der Waals surface area contributed by atoms with Gasteiger partial charge in [0.2, 0.25) is 0 Å². The van der Waals surface area contributed by atoms with Crippen LogP contribution in [0.15, 0.2) is 51.5 Å². The lowest BCUT2D eigenvalue weighted by Gasteiger charge is -2.20. The molecule has 0 unspecified atom stereocenters. The van der Waals surface area contributed by atoms with Crippen LogP contribution in [0.3, 0.4) is 0 Å². The van der Waals surface area contributed by atoms with Crippen molar-refractivity contribution in [2.24, 2.45) is 0 Å². The van der Waals surface area contributed by atoms with Crippen molar-refractivity contribution in [1.82, 2.24) is 15.5 Å². The van der Waals surface area contributed by atoms with Crippen molar-refractivity contribution in [3.05, 3.63) is 58.9 Å². The number of methoxy groups -OCH3 is 1. The van der Waals surface area contributed by atoms with Crippen LogP contribution in [0.4, 0.5) is 10.2 Å². The summed E-state index contributed by atoms with van der Waals surface area (Å²) in [6, 6.07) is 7.86. The van der Waals surface area contributed by atoms with Gasteiger partial charge in [0.25, 0.3) is 11.1 Å². The number of thiazole rings is 1. The van der Waals surface area contributed by atoms with E-state index < -0.39 is 11.7 Å². The van der Waals surface area contributed by atoms with E-state index in [0.717, 1.165) is 40.9 Å². The maximum absolute atomic E-state index is 12.9. The molecule has 4 aromatic rings. The minimum absolute atomic E-state index is 0.0582. The Bertz CT molecular complexity index is 1500. The highest BCUT2D eigenvalue weighted by atomic mass is 32.2. The number of halogens is 1. The summed E-state index contributed by atoms with van der Waals surface area (Å²) in [6.07, 6.45) is 2.50. The minimum Gasteiger partial charge on any atom is -0.496 e. The Morgan fingerprint density at radius 1 is 1.32 bits per heavy atom. The van der Waals surface area contributed by atoms with Crippen molar-refractivity contribution in [3.8, 4) is 22.4 Å².